The van der Waals surface area contributed by atoms with Crippen molar-refractivity contribution in [1.29, 1.82) is 0 Å². The predicted molar refractivity (Wildman–Crippen MR) is 107 cm³/mol. The minimum Gasteiger partial charge on any atom is -0.394 e. The van der Waals surface area contributed by atoms with Gasteiger partial charge >= 0.3 is 0 Å². The first-order valence-corrected chi connectivity index (χ1v) is 9.60. The van der Waals surface area contributed by atoms with Crippen molar-refractivity contribution in [3.63, 3.8) is 0 Å². The Labute approximate surface area is 165 Å². The zero-order valence-corrected chi connectivity index (χ0v) is 16.2. The average molecular weight is 391 g/mol. The molecule has 0 aromatic heterocycles. The maximum absolute atomic E-state index is 10.6. The molecule has 0 radical (unpaired) electrons. The Morgan fingerprint density at radius 2 is 1.81 bits per heavy atom. The molecule has 1 saturated heterocycles. The lowest BCUT2D eigenvalue weighted by molar-refractivity contribution is -0.0213. The molecule has 1 heterocycles. The molecule has 0 bridgehead atoms. The minimum absolute atomic E-state index is 0.193. The molecule has 146 valence electrons. The van der Waals surface area contributed by atoms with Gasteiger partial charge in [0.15, 0.2) is 0 Å². The highest BCUT2D eigenvalue weighted by Crippen LogP contribution is 2.26. The van der Waals surface area contributed by atoms with E-state index in [1.165, 1.54) is 5.56 Å². The summed E-state index contributed by atoms with van der Waals surface area (Å²) in [4.78, 5) is 2.10. The molecule has 0 unspecified atom stereocenters. The van der Waals surface area contributed by atoms with E-state index in [2.05, 4.69) is 22.3 Å². The first kappa shape index (κ1) is 20.3. The van der Waals surface area contributed by atoms with Crippen LogP contribution in [-0.4, -0.2) is 59.7 Å². The van der Waals surface area contributed by atoms with Crippen LogP contribution < -0.4 is 5.32 Å². The molecule has 2 aromatic carbocycles. The van der Waals surface area contributed by atoms with E-state index in [0.717, 1.165) is 5.56 Å². The van der Waals surface area contributed by atoms with Crippen molar-refractivity contribution in [3.8, 4) is 0 Å². The van der Waals surface area contributed by atoms with Gasteiger partial charge < -0.3 is 20.3 Å². The van der Waals surface area contributed by atoms with Gasteiger partial charge in [-0.25, -0.2) is 0 Å². The molecular formula is C21H27ClN2O3. The van der Waals surface area contributed by atoms with Crippen LogP contribution in [0.25, 0.3) is 0 Å². The summed E-state index contributed by atoms with van der Waals surface area (Å²) in [6, 6.07) is 17.6. The largest absolute Gasteiger partial charge is 0.394 e. The van der Waals surface area contributed by atoms with Crippen LogP contribution in [0.5, 0.6) is 0 Å². The van der Waals surface area contributed by atoms with E-state index in [1.54, 1.807) is 0 Å². The molecule has 6 heteroatoms. The van der Waals surface area contributed by atoms with Crippen LogP contribution >= 0.6 is 11.6 Å². The maximum Gasteiger partial charge on any atom is 0.109 e. The van der Waals surface area contributed by atoms with Crippen LogP contribution in [0, 0.1) is 0 Å². The summed E-state index contributed by atoms with van der Waals surface area (Å²) in [7, 11) is 1.98. The second-order valence-electron chi connectivity index (χ2n) is 7.04. The van der Waals surface area contributed by atoms with Gasteiger partial charge in [-0.2, -0.15) is 0 Å². The molecule has 1 fully saturated rings. The maximum atomic E-state index is 10.6. The highest BCUT2D eigenvalue weighted by Gasteiger charge is 2.44. The highest BCUT2D eigenvalue weighted by atomic mass is 35.5. The Morgan fingerprint density at radius 1 is 1.07 bits per heavy atom. The zero-order valence-electron chi connectivity index (χ0n) is 15.5. The van der Waals surface area contributed by atoms with Crippen molar-refractivity contribution in [2.45, 2.75) is 37.4 Å². The van der Waals surface area contributed by atoms with Crippen LogP contribution in [-0.2, 0) is 17.8 Å². The summed E-state index contributed by atoms with van der Waals surface area (Å²) >= 11 is 6.03. The summed E-state index contributed by atoms with van der Waals surface area (Å²) < 4.78 is 5.93. The van der Waals surface area contributed by atoms with Crippen LogP contribution in [0.2, 0.25) is 5.02 Å². The van der Waals surface area contributed by atoms with Crippen LogP contribution in [0.4, 0.5) is 0 Å². The molecule has 5 nitrogen and oxygen atoms in total. The van der Waals surface area contributed by atoms with Gasteiger partial charge in [0.2, 0.25) is 0 Å². The Bertz CT molecular complexity index is 716. The first-order valence-electron chi connectivity index (χ1n) is 9.22. The highest BCUT2D eigenvalue weighted by molar-refractivity contribution is 6.30. The van der Waals surface area contributed by atoms with E-state index in [0.29, 0.717) is 24.7 Å². The Balaban J connectivity index is 1.62. The van der Waals surface area contributed by atoms with Crippen molar-refractivity contribution in [2.75, 3.05) is 20.2 Å². The van der Waals surface area contributed by atoms with E-state index >= 15 is 0 Å². The molecule has 3 rings (SSSR count). The molecule has 1 aliphatic heterocycles. The fourth-order valence-corrected chi connectivity index (χ4v) is 3.89. The monoisotopic (exact) mass is 390 g/mol. The Hall–Kier alpha value is -1.47. The zero-order chi connectivity index (χ0) is 19.2. The molecule has 27 heavy (non-hydrogen) atoms. The molecule has 4 atom stereocenters. The van der Waals surface area contributed by atoms with Crippen LogP contribution in [0.15, 0.2) is 54.6 Å². The molecule has 2 aromatic rings. The molecule has 0 saturated carbocycles. The third-order valence-corrected chi connectivity index (χ3v) is 5.22. The number of hydrogen-bond acceptors (Lipinski definition) is 5. The molecule has 3 N–H and O–H groups in total. The van der Waals surface area contributed by atoms with Crippen molar-refractivity contribution in [2.24, 2.45) is 0 Å². The molecule has 0 spiro atoms. The van der Waals surface area contributed by atoms with Gasteiger partial charge in [-0.1, -0.05) is 54.1 Å². The second-order valence-corrected chi connectivity index (χ2v) is 7.47. The number of nitrogens with one attached hydrogen (secondary N) is 1. The summed E-state index contributed by atoms with van der Waals surface area (Å²) in [6.45, 7) is 1.75. The SMILES string of the molecule is CN(Cc1ccccc1)[C@H]1[C@H](O)[C@H](CO)O[C@@H]1CNCc1cccc(Cl)c1. The fourth-order valence-electron chi connectivity index (χ4n) is 3.67. The molecular weight excluding hydrogens is 364 g/mol. The normalized spacial score (nSPS) is 25.2. The van der Waals surface area contributed by atoms with E-state index in [1.807, 2.05) is 49.5 Å². The van der Waals surface area contributed by atoms with Gasteiger partial charge in [-0.15, -0.1) is 0 Å². The lowest BCUT2D eigenvalue weighted by atomic mass is 10.0. The number of rotatable bonds is 8. The van der Waals surface area contributed by atoms with Crippen molar-refractivity contribution >= 4 is 11.6 Å². The third kappa shape index (κ3) is 5.29. The Morgan fingerprint density at radius 3 is 2.52 bits per heavy atom. The average Bonchev–Trinajstić information content (AvgIpc) is 2.98. The summed E-state index contributed by atoms with van der Waals surface area (Å²) in [5.41, 5.74) is 2.26. The van der Waals surface area contributed by atoms with E-state index in [-0.39, 0.29) is 18.8 Å². The van der Waals surface area contributed by atoms with Gasteiger partial charge in [0.25, 0.3) is 0 Å². The molecule has 1 aliphatic rings. The molecule has 0 aliphatic carbocycles. The van der Waals surface area contributed by atoms with Gasteiger partial charge in [-0.3, -0.25) is 4.90 Å². The van der Waals surface area contributed by atoms with Crippen molar-refractivity contribution in [3.05, 3.63) is 70.7 Å². The van der Waals surface area contributed by atoms with Crippen molar-refractivity contribution in [1.82, 2.24) is 10.2 Å². The smallest absolute Gasteiger partial charge is 0.109 e. The number of aliphatic hydroxyl groups excluding tert-OH is 2. The summed E-state index contributed by atoms with van der Waals surface area (Å²) in [5.74, 6) is 0. The number of aliphatic hydroxyl groups is 2. The first-order chi connectivity index (χ1) is 13.1. The minimum atomic E-state index is -0.735. The summed E-state index contributed by atoms with van der Waals surface area (Å²) in [5, 5.41) is 24.3. The fraction of sp³-hybridized carbons (Fsp3) is 0.429. The van der Waals surface area contributed by atoms with E-state index in [4.69, 9.17) is 16.3 Å². The number of benzene rings is 2. The molecule has 0 amide bonds. The number of nitrogens with zero attached hydrogens (tertiary/aromatic N) is 1. The van der Waals surface area contributed by atoms with E-state index in [9.17, 15) is 10.2 Å². The van der Waals surface area contributed by atoms with Gasteiger partial charge in [0.1, 0.15) is 12.2 Å². The van der Waals surface area contributed by atoms with Gasteiger partial charge in [-0.05, 0) is 30.3 Å². The number of hydrogen-bond donors (Lipinski definition) is 3. The van der Waals surface area contributed by atoms with E-state index < -0.39 is 12.2 Å². The summed E-state index contributed by atoms with van der Waals surface area (Å²) in [6.07, 6.45) is -1.52. The van der Waals surface area contributed by atoms with Crippen LogP contribution in [0.1, 0.15) is 11.1 Å². The predicted octanol–water partition coefficient (Wildman–Crippen LogP) is 2.05. The standard InChI is InChI=1S/C21H27ClN2O3/c1-24(13-15-6-3-2-4-7-15)20-18(27-19(14-25)21(20)26)12-23-11-16-8-5-9-17(22)10-16/h2-10,18-21,23,25-26H,11-14H2,1H3/t18-,19+,20-,21-/m1/s1. The number of ether oxygens (including phenoxy) is 1. The second kappa shape index (κ2) is 9.64. The Kier molecular flexibility index (Phi) is 7.24. The number of halogens is 1. The topological polar surface area (TPSA) is 65.0 Å². The lowest BCUT2D eigenvalue weighted by Crippen LogP contribution is -2.48. The van der Waals surface area contributed by atoms with Gasteiger partial charge in [0, 0.05) is 24.7 Å². The lowest BCUT2D eigenvalue weighted by Gasteiger charge is -2.30. The van der Waals surface area contributed by atoms with Crippen molar-refractivity contribution < 1.29 is 14.9 Å². The van der Waals surface area contributed by atoms with Crippen LogP contribution in [0.3, 0.4) is 0 Å². The third-order valence-electron chi connectivity index (χ3n) is 4.99. The quantitative estimate of drug-likeness (QED) is 0.644. The van der Waals surface area contributed by atoms with Gasteiger partial charge in [0.05, 0.1) is 18.8 Å². The number of likely N-dealkylation sites (N-methyl/N-ethyl adjacent to an activating group) is 1.